The summed E-state index contributed by atoms with van der Waals surface area (Å²) in [6.45, 7) is 3.43. The average Bonchev–Trinajstić information content (AvgIpc) is 2.56. The van der Waals surface area contributed by atoms with Crippen molar-refractivity contribution in [3.63, 3.8) is 0 Å². The molecule has 2 aromatic rings. The monoisotopic (exact) mass is 263 g/mol. The number of phenols is 1. The Labute approximate surface area is 109 Å². The van der Waals surface area contributed by atoms with Gasteiger partial charge in [0.1, 0.15) is 11.5 Å². The topological polar surface area (TPSA) is 90.4 Å². The van der Waals surface area contributed by atoms with Gasteiger partial charge in [-0.1, -0.05) is 0 Å². The molecule has 0 bridgehead atoms. The Morgan fingerprint density at radius 2 is 2.05 bits per heavy atom. The number of rotatable bonds is 3. The molecule has 0 fully saturated rings. The molecule has 0 saturated carbocycles. The van der Waals surface area contributed by atoms with E-state index in [4.69, 9.17) is 4.74 Å². The number of nitro groups is 1. The van der Waals surface area contributed by atoms with Crippen LogP contribution in [0.25, 0.3) is 0 Å². The maximum absolute atomic E-state index is 10.9. The Morgan fingerprint density at radius 1 is 1.37 bits per heavy atom. The van der Waals surface area contributed by atoms with Crippen molar-refractivity contribution < 1.29 is 14.8 Å². The molecule has 19 heavy (non-hydrogen) atoms. The molecule has 0 amide bonds. The molecule has 0 aliphatic carbocycles. The van der Waals surface area contributed by atoms with Crippen LogP contribution in [0.4, 0.5) is 5.82 Å². The third-order valence-electron chi connectivity index (χ3n) is 2.67. The van der Waals surface area contributed by atoms with Gasteiger partial charge >= 0.3 is 11.7 Å². The van der Waals surface area contributed by atoms with E-state index in [-0.39, 0.29) is 17.4 Å². The normalized spacial score (nSPS) is 10.5. The van der Waals surface area contributed by atoms with Crippen LogP contribution in [0, 0.1) is 24.0 Å². The standard InChI is InChI=1S/C12H13N3O4/c1-7-4-9(16)6-10(5-7)19-12-11(15(17)18)13-8(2)14(12)3/h4-6,16H,1-3H3. The third-order valence-corrected chi connectivity index (χ3v) is 2.67. The van der Waals surface area contributed by atoms with Gasteiger partial charge in [-0.3, -0.25) is 4.57 Å². The van der Waals surface area contributed by atoms with Gasteiger partial charge in [-0.05, 0) is 34.5 Å². The quantitative estimate of drug-likeness (QED) is 0.678. The Morgan fingerprint density at radius 3 is 2.63 bits per heavy atom. The predicted molar refractivity (Wildman–Crippen MR) is 67.5 cm³/mol. The molecule has 0 aliphatic rings. The van der Waals surface area contributed by atoms with Gasteiger partial charge in [0, 0.05) is 20.0 Å². The lowest BCUT2D eigenvalue weighted by Crippen LogP contribution is -1.97. The van der Waals surface area contributed by atoms with E-state index in [2.05, 4.69) is 4.98 Å². The van der Waals surface area contributed by atoms with E-state index < -0.39 is 4.92 Å². The van der Waals surface area contributed by atoms with Gasteiger partial charge in [0.2, 0.25) is 5.82 Å². The lowest BCUT2D eigenvalue weighted by atomic mass is 10.2. The second-order valence-corrected chi connectivity index (χ2v) is 4.21. The molecule has 0 spiro atoms. The fraction of sp³-hybridized carbons (Fsp3) is 0.250. The van der Waals surface area contributed by atoms with Crippen molar-refractivity contribution in [1.29, 1.82) is 0 Å². The van der Waals surface area contributed by atoms with Crippen LogP contribution in [-0.2, 0) is 7.05 Å². The van der Waals surface area contributed by atoms with Crippen molar-refractivity contribution in [2.75, 3.05) is 0 Å². The van der Waals surface area contributed by atoms with E-state index in [0.717, 1.165) is 5.56 Å². The van der Waals surface area contributed by atoms with Gasteiger partial charge < -0.3 is 20.0 Å². The Bertz CT molecular complexity index is 628. The number of hydrogen-bond acceptors (Lipinski definition) is 5. The minimum Gasteiger partial charge on any atom is -0.508 e. The van der Waals surface area contributed by atoms with Gasteiger partial charge in [0.25, 0.3) is 0 Å². The Hall–Kier alpha value is -2.57. The van der Waals surface area contributed by atoms with Crippen molar-refractivity contribution in [3.8, 4) is 17.4 Å². The zero-order chi connectivity index (χ0) is 14.2. The van der Waals surface area contributed by atoms with E-state index >= 15 is 0 Å². The van der Waals surface area contributed by atoms with Gasteiger partial charge in [-0.2, -0.15) is 0 Å². The van der Waals surface area contributed by atoms with Gasteiger partial charge in [0.15, 0.2) is 0 Å². The molecule has 0 saturated heterocycles. The van der Waals surface area contributed by atoms with Gasteiger partial charge in [-0.15, -0.1) is 0 Å². The van der Waals surface area contributed by atoms with Crippen LogP contribution in [0.1, 0.15) is 11.4 Å². The number of aromatic nitrogens is 2. The molecule has 0 unspecified atom stereocenters. The van der Waals surface area contributed by atoms with E-state index in [0.29, 0.717) is 11.6 Å². The van der Waals surface area contributed by atoms with Crippen molar-refractivity contribution in [2.45, 2.75) is 13.8 Å². The summed E-state index contributed by atoms with van der Waals surface area (Å²) in [5.41, 5.74) is 0.788. The van der Waals surface area contributed by atoms with Crippen molar-refractivity contribution in [2.24, 2.45) is 7.05 Å². The van der Waals surface area contributed by atoms with E-state index in [1.54, 1.807) is 33.0 Å². The van der Waals surface area contributed by atoms with E-state index in [1.165, 1.54) is 10.6 Å². The SMILES string of the molecule is Cc1cc(O)cc(Oc2c([N+](=O)[O-])nc(C)n2C)c1. The van der Waals surface area contributed by atoms with Crippen molar-refractivity contribution in [1.82, 2.24) is 9.55 Å². The first-order chi connectivity index (χ1) is 8.88. The lowest BCUT2D eigenvalue weighted by Gasteiger charge is -2.07. The second kappa shape index (κ2) is 4.60. The molecule has 2 rings (SSSR count). The van der Waals surface area contributed by atoms with Crippen LogP contribution in [0.5, 0.6) is 17.4 Å². The van der Waals surface area contributed by atoms with Crippen molar-refractivity contribution in [3.05, 3.63) is 39.7 Å². The molecule has 0 atom stereocenters. The number of benzene rings is 1. The third kappa shape index (κ3) is 2.49. The minimum absolute atomic E-state index is 0.0347. The summed E-state index contributed by atoms with van der Waals surface area (Å²) in [4.78, 5) is 14.1. The molecule has 1 N–H and O–H groups in total. The highest BCUT2D eigenvalue weighted by atomic mass is 16.6. The molecular weight excluding hydrogens is 250 g/mol. The largest absolute Gasteiger partial charge is 0.508 e. The number of aryl methyl sites for hydroxylation is 2. The van der Waals surface area contributed by atoms with Gasteiger partial charge in [-0.25, -0.2) is 0 Å². The smallest absolute Gasteiger partial charge is 0.427 e. The van der Waals surface area contributed by atoms with Crippen LogP contribution in [0.3, 0.4) is 0 Å². The Kier molecular flexibility index (Phi) is 3.12. The molecule has 1 aromatic carbocycles. The molecule has 0 aliphatic heterocycles. The van der Waals surface area contributed by atoms with E-state index in [1.807, 2.05) is 0 Å². The molecule has 7 nitrogen and oxygen atoms in total. The molecule has 1 heterocycles. The number of nitrogens with zero attached hydrogens (tertiary/aromatic N) is 3. The van der Waals surface area contributed by atoms with Crippen LogP contribution in [0.15, 0.2) is 18.2 Å². The highest BCUT2D eigenvalue weighted by molar-refractivity contribution is 5.43. The first kappa shape index (κ1) is 12.9. The fourth-order valence-corrected chi connectivity index (χ4v) is 1.71. The minimum atomic E-state index is -0.599. The summed E-state index contributed by atoms with van der Waals surface area (Å²) >= 11 is 0. The fourth-order valence-electron chi connectivity index (χ4n) is 1.71. The maximum Gasteiger partial charge on any atom is 0.427 e. The summed E-state index contributed by atoms with van der Waals surface area (Å²) in [5.74, 6) is 0.521. The summed E-state index contributed by atoms with van der Waals surface area (Å²) in [7, 11) is 1.63. The number of aromatic hydroxyl groups is 1. The maximum atomic E-state index is 10.9. The lowest BCUT2D eigenvalue weighted by molar-refractivity contribution is -0.390. The van der Waals surface area contributed by atoms with E-state index in [9.17, 15) is 15.2 Å². The first-order valence-corrected chi connectivity index (χ1v) is 5.54. The Balaban J connectivity index is 2.45. The summed E-state index contributed by atoms with van der Waals surface area (Å²) in [5, 5.41) is 20.4. The highest BCUT2D eigenvalue weighted by Crippen LogP contribution is 2.32. The molecule has 100 valence electrons. The second-order valence-electron chi connectivity index (χ2n) is 4.21. The zero-order valence-electron chi connectivity index (χ0n) is 10.7. The highest BCUT2D eigenvalue weighted by Gasteiger charge is 2.25. The molecular formula is C12H13N3O4. The first-order valence-electron chi connectivity index (χ1n) is 5.54. The average molecular weight is 263 g/mol. The summed E-state index contributed by atoms with van der Waals surface area (Å²) in [6.07, 6.45) is 0. The number of ether oxygens (including phenoxy) is 1. The van der Waals surface area contributed by atoms with Gasteiger partial charge in [0.05, 0.1) is 0 Å². The van der Waals surface area contributed by atoms with Crippen molar-refractivity contribution >= 4 is 5.82 Å². The molecule has 1 aromatic heterocycles. The van der Waals surface area contributed by atoms with Crippen LogP contribution >= 0.6 is 0 Å². The summed E-state index contributed by atoms with van der Waals surface area (Å²) in [6, 6.07) is 4.63. The predicted octanol–water partition coefficient (Wildman–Crippen LogP) is 2.44. The number of phenolic OH excluding ortho intramolecular Hbond substituents is 1. The zero-order valence-corrected chi connectivity index (χ0v) is 10.7. The number of hydrogen-bond donors (Lipinski definition) is 1. The number of imidazole rings is 1. The summed E-state index contributed by atoms with van der Waals surface area (Å²) < 4.78 is 6.97. The van der Waals surface area contributed by atoms with Crippen LogP contribution in [-0.4, -0.2) is 19.6 Å². The molecule has 0 radical (unpaired) electrons. The van der Waals surface area contributed by atoms with Crippen LogP contribution < -0.4 is 4.74 Å². The molecule has 7 heteroatoms. The van der Waals surface area contributed by atoms with Crippen LogP contribution in [0.2, 0.25) is 0 Å².